The minimum atomic E-state index is -0.544. The van der Waals surface area contributed by atoms with E-state index in [0.29, 0.717) is 27.8 Å². The fourth-order valence-electron chi connectivity index (χ4n) is 3.14. The van der Waals surface area contributed by atoms with Crippen LogP contribution in [0.2, 0.25) is 5.02 Å². The average molecular weight is 461 g/mol. The standard InChI is InChI=1S/C22H21ClN2O5S/c1-12-6-5-7-13(2)19(12)24-18(26)11-25-21(27)17(31-22(25)28)10-14-8-15(23)20(30-4)16(9-14)29-3/h5-10H,11H2,1-4H3,(H,24,26)/b17-10-. The molecular formula is C22H21ClN2O5S. The molecule has 162 valence electrons. The molecule has 1 aliphatic heterocycles. The lowest BCUT2D eigenvalue weighted by Gasteiger charge is -2.15. The number of thioether (sulfide) groups is 1. The third-order valence-corrected chi connectivity index (χ3v) is 5.86. The third kappa shape index (κ3) is 4.86. The number of amides is 3. The van der Waals surface area contributed by atoms with E-state index in [-0.39, 0.29) is 11.4 Å². The predicted octanol–water partition coefficient (Wildman–Crippen LogP) is 4.65. The molecule has 0 bridgehead atoms. The molecule has 1 fully saturated rings. The van der Waals surface area contributed by atoms with Gasteiger partial charge in [0, 0.05) is 5.69 Å². The summed E-state index contributed by atoms with van der Waals surface area (Å²) in [6, 6.07) is 8.89. The molecular weight excluding hydrogens is 440 g/mol. The Hall–Kier alpha value is -2.97. The largest absolute Gasteiger partial charge is 0.493 e. The number of imide groups is 1. The highest BCUT2D eigenvalue weighted by Gasteiger charge is 2.36. The van der Waals surface area contributed by atoms with Crippen molar-refractivity contribution in [2.45, 2.75) is 13.8 Å². The van der Waals surface area contributed by atoms with Crippen LogP contribution >= 0.6 is 23.4 Å². The first kappa shape index (κ1) is 22.7. The number of hydrogen-bond acceptors (Lipinski definition) is 6. The van der Waals surface area contributed by atoms with Crippen molar-refractivity contribution < 1.29 is 23.9 Å². The molecule has 1 N–H and O–H groups in total. The van der Waals surface area contributed by atoms with Crippen LogP contribution in [0.5, 0.6) is 11.5 Å². The smallest absolute Gasteiger partial charge is 0.294 e. The molecule has 0 aliphatic carbocycles. The van der Waals surface area contributed by atoms with Crippen LogP contribution in [0.3, 0.4) is 0 Å². The summed E-state index contributed by atoms with van der Waals surface area (Å²) in [5.74, 6) is -0.223. The van der Waals surface area contributed by atoms with Gasteiger partial charge in [-0.1, -0.05) is 29.8 Å². The van der Waals surface area contributed by atoms with Gasteiger partial charge in [-0.05, 0) is 60.5 Å². The van der Waals surface area contributed by atoms with Gasteiger partial charge in [0.1, 0.15) is 6.54 Å². The maximum atomic E-state index is 12.8. The van der Waals surface area contributed by atoms with E-state index in [1.807, 2.05) is 32.0 Å². The second kappa shape index (κ2) is 9.45. The topological polar surface area (TPSA) is 84.9 Å². The lowest BCUT2D eigenvalue weighted by molar-refractivity contribution is -0.127. The van der Waals surface area contributed by atoms with E-state index in [0.717, 1.165) is 27.8 Å². The summed E-state index contributed by atoms with van der Waals surface area (Å²) in [5, 5.41) is 2.58. The number of carbonyl (C=O) groups excluding carboxylic acids is 3. The molecule has 3 amide bonds. The number of aryl methyl sites for hydroxylation is 2. The number of ether oxygens (including phenoxy) is 2. The van der Waals surface area contributed by atoms with E-state index in [9.17, 15) is 14.4 Å². The number of carbonyl (C=O) groups is 3. The highest BCUT2D eigenvalue weighted by atomic mass is 35.5. The molecule has 0 saturated carbocycles. The van der Waals surface area contributed by atoms with Gasteiger partial charge in [-0.25, -0.2) is 0 Å². The van der Waals surface area contributed by atoms with Gasteiger partial charge in [0.05, 0.1) is 24.1 Å². The Morgan fingerprint density at radius 2 is 1.84 bits per heavy atom. The van der Waals surface area contributed by atoms with Crippen molar-refractivity contribution >= 4 is 52.2 Å². The number of rotatable bonds is 6. The Balaban J connectivity index is 1.78. The highest BCUT2D eigenvalue weighted by molar-refractivity contribution is 8.18. The van der Waals surface area contributed by atoms with E-state index in [2.05, 4.69) is 5.32 Å². The Labute approximate surface area is 189 Å². The number of nitrogens with zero attached hydrogens (tertiary/aromatic N) is 1. The fraction of sp³-hybridized carbons (Fsp3) is 0.227. The molecule has 9 heteroatoms. The summed E-state index contributed by atoms with van der Waals surface area (Å²) in [7, 11) is 2.94. The first-order valence-electron chi connectivity index (χ1n) is 9.28. The average Bonchev–Trinajstić information content (AvgIpc) is 2.97. The summed E-state index contributed by atoms with van der Waals surface area (Å²) in [5.41, 5.74) is 3.03. The van der Waals surface area contributed by atoms with E-state index < -0.39 is 17.1 Å². The molecule has 2 aromatic rings. The summed E-state index contributed by atoms with van der Waals surface area (Å²) in [6.45, 7) is 3.38. The molecule has 1 aliphatic rings. The first-order valence-corrected chi connectivity index (χ1v) is 10.5. The van der Waals surface area contributed by atoms with Gasteiger partial charge < -0.3 is 14.8 Å². The van der Waals surface area contributed by atoms with Crippen molar-refractivity contribution in [1.29, 1.82) is 0 Å². The molecule has 7 nitrogen and oxygen atoms in total. The quantitative estimate of drug-likeness (QED) is 0.631. The zero-order valence-corrected chi connectivity index (χ0v) is 19.0. The van der Waals surface area contributed by atoms with Crippen LogP contribution in [0.15, 0.2) is 35.2 Å². The Kier molecular flexibility index (Phi) is 6.92. The molecule has 3 rings (SSSR count). The molecule has 0 spiro atoms. The van der Waals surface area contributed by atoms with Crippen LogP contribution in [-0.2, 0) is 9.59 Å². The Bertz CT molecular complexity index is 1080. The van der Waals surface area contributed by atoms with Gasteiger partial charge >= 0.3 is 0 Å². The Morgan fingerprint density at radius 3 is 2.45 bits per heavy atom. The second-order valence-corrected chi connectivity index (χ2v) is 8.22. The van der Waals surface area contributed by atoms with Gasteiger partial charge in [-0.15, -0.1) is 0 Å². The van der Waals surface area contributed by atoms with Gasteiger partial charge in [0.25, 0.3) is 11.1 Å². The van der Waals surface area contributed by atoms with Gasteiger partial charge in [0.2, 0.25) is 5.91 Å². The molecule has 31 heavy (non-hydrogen) atoms. The van der Waals surface area contributed by atoms with Crippen molar-refractivity contribution in [3.05, 3.63) is 56.9 Å². The minimum absolute atomic E-state index is 0.188. The molecule has 2 aromatic carbocycles. The maximum absolute atomic E-state index is 12.8. The van der Waals surface area contributed by atoms with Crippen LogP contribution in [0, 0.1) is 13.8 Å². The number of nitrogens with one attached hydrogen (secondary N) is 1. The van der Waals surface area contributed by atoms with E-state index in [4.69, 9.17) is 21.1 Å². The Morgan fingerprint density at radius 1 is 1.16 bits per heavy atom. The third-order valence-electron chi connectivity index (χ3n) is 4.67. The number of anilines is 1. The summed E-state index contributed by atoms with van der Waals surface area (Å²) < 4.78 is 10.5. The van der Waals surface area contributed by atoms with Crippen LogP contribution in [-0.4, -0.2) is 42.7 Å². The van der Waals surface area contributed by atoms with E-state index in [1.54, 1.807) is 12.1 Å². The molecule has 0 atom stereocenters. The highest BCUT2D eigenvalue weighted by Crippen LogP contribution is 2.38. The van der Waals surface area contributed by atoms with Crippen molar-refractivity contribution in [3.63, 3.8) is 0 Å². The number of halogens is 1. The number of methoxy groups -OCH3 is 2. The fourth-order valence-corrected chi connectivity index (χ4v) is 4.28. The van der Waals surface area contributed by atoms with E-state index in [1.165, 1.54) is 20.3 Å². The molecule has 1 saturated heterocycles. The number of para-hydroxylation sites is 1. The number of benzene rings is 2. The predicted molar refractivity (Wildman–Crippen MR) is 122 cm³/mol. The summed E-state index contributed by atoms with van der Waals surface area (Å²) in [6.07, 6.45) is 1.53. The molecule has 1 heterocycles. The van der Waals surface area contributed by atoms with Crippen LogP contribution in [0.1, 0.15) is 16.7 Å². The monoisotopic (exact) mass is 460 g/mol. The van der Waals surface area contributed by atoms with Crippen molar-refractivity contribution in [1.82, 2.24) is 4.90 Å². The van der Waals surface area contributed by atoms with Crippen molar-refractivity contribution in [2.75, 3.05) is 26.1 Å². The van der Waals surface area contributed by atoms with Crippen molar-refractivity contribution in [3.8, 4) is 11.5 Å². The van der Waals surface area contributed by atoms with Crippen LogP contribution < -0.4 is 14.8 Å². The molecule has 0 aromatic heterocycles. The zero-order valence-electron chi connectivity index (χ0n) is 17.4. The summed E-state index contributed by atoms with van der Waals surface area (Å²) >= 11 is 6.97. The van der Waals surface area contributed by atoms with E-state index >= 15 is 0 Å². The second-order valence-electron chi connectivity index (χ2n) is 6.82. The molecule has 0 radical (unpaired) electrons. The van der Waals surface area contributed by atoms with Crippen LogP contribution in [0.25, 0.3) is 6.08 Å². The molecule has 0 unspecified atom stereocenters. The normalized spacial score (nSPS) is 14.9. The first-order chi connectivity index (χ1) is 14.7. The number of hydrogen-bond donors (Lipinski definition) is 1. The van der Waals surface area contributed by atoms with Gasteiger partial charge in [-0.3, -0.25) is 19.3 Å². The van der Waals surface area contributed by atoms with Crippen LogP contribution in [0.4, 0.5) is 10.5 Å². The zero-order chi connectivity index (χ0) is 22.7. The van der Waals surface area contributed by atoms with Gasteiger partial charge in [0.15, 0.2) is 11.5 Å². The van der Waals surface area contributed by atoms with Crippen molar-refractivity contribution in [2.24, 2.45) is 0 Å². The lowest BCUT2D eigenvalue weighted by Crippen LogP contribution is -2.36. The SMILES string of the molecule is COc1cc(/C=C2\SC(=O)N(CC(=O)Nc3c(C)cccc3C)C2=O)cc(Cl)c1OC. The summed E-state index contributed by atoms with van der Waals surface area (Å²) in [4.78, 5) is 38.7. The maximum Gasteiger partial charge on any atom is 0.294 e. The lowest BCUT2D eigenvalue weighted by atomic mass is 10.1. The van der Waals surface area contributed by atoms with Gasteiger partial charge in [-0.2, -0.15) is 0 Å². The minimum Gasteiger partial charge on any atom is -0.493 e.